The van der Waals surface area contributed by atoms with E-state index >= 15 is 0 Å². The fourth-order valence-corrected chi connectivity index (χ4v) is 1.50. The average molecular weight is 229 g/mol. The molecule has 0 atom stereocenters. The van der Waals surface area contributed by atoms with Gasteiger partial charge in [-0.15, -0.1) is 0 Å². The highest BCUT2D eigenvalue weighted by Crippen LogP contribution is 2.11. The van der Waals surface area contributed by atoms with E-state index in [1.54, 1.807) is 18.7 Å². The second-order valence-corrected chi connectivity index (χ2v) is 3.79. The van der Waals surface area contributed by atoms with Gasteiger partial charge in [-0.3, -0.25) is 0 Å². The largest absolute Gasteiger partial charge is 0.354 e. The number of aromatic nitrogens is 3. The zero-order valence-corrected chi connectivity index (χ0v) is 9.74. The van der Waals surface area contributed by atoms with Crippen LogP contribution in [0.15, 0.2) is 36.9 Å². The van der Waals surface area contributed by atoms with E-state index < -0.39 is 0 Å². The van der Waals surface area contributed by atoms with Crippen LogP contribution in [0, 0.1) is 0 Å². The van der Waals surface area contributed by atoms with Gasteiger partial charge in [0.1, 0.15) is 12.1 Å². The molecule has 0 bridgehead atoms. The molecule has 2 aromatic heterocycles. The van der Waals surface area contributed by atoms with Gasteiger partial charge in [0.05, 0.1) is 12.2 Å². The molecule has 0 unspecified atom stereocenters. The topological polar surface area (TPSA) is 67.9 Å². The molecule has 2 aromatic rings. The maximum absolute atomic E-state index is 5.53. The Labute approximate surface area is 100 Å². The van der Waals surface area contributed by atoms with E-state index in [1.165, 1.54) is 0 Å². The van der Waals surface area contributed by atoms with Gasteiger partial charge in [-0.25, -0.2) is 15.0 Å². The van der Waals surface area contributed by atoms with Crippen molar-refractivity contribution < 1.29 is 0 Å². The molecule has 0 radical (unpaired) electrons. The molecule has 5 nitrogen and oxygen atoms in total. The highest BCUT2D eigenvalue weighted by molar-refractivity contribution is 5.38. The summed E-state index contributed by atoms with van der Waals surface area (Å²) >= 11 is 0. The molecule has 5 heteroatoms. The molecule has 0 saturated heterocycles. The zero-order chi connectivity index (χ0) is 12.1. The quantitative estimate of drug-likeness (QED) is 0.846. The van der Waals surface area contributed by atoms with Gasteiger partial charge < -0.3 is 10.6 Å². The smallest absolute Gasteiger partial charge is 0.128 e. The van der Waals surface area contributed by atoms with Crippen LogP contribution in [0.5, 0.6) is 0 Å². The summed E-state index contributed by atoms with van der Waals surface area (Å²) in [5.41, 5.74) is 7.53. The summed E-state index contributed by atoms with van der Waals surface area (Å²) < 4.78 is 0. The van der Waals surface area contributed by atoms with E-state index in [2.05, 4.69) is 15.0 Å². The lowest BCUT2D eigenvalue weighted by Crippen LogP contribution is -2.18. The number of rotatable bonds is 4. The zero-order valence-electron chi connectivity index (χ0n) is 9.74. The molecule has 2 rings (SSSR count). The van der Waals surface area contributed by atoms with Crippen LogP contribution in [0.3, 0.4) is 0 Å². The minimum absolute atomic E-state index is 0.517. The predicted molar refractivity (Wildman–Crippen MR) is 66.3 cm³/mol. The van der Waals surface area contributed by atoms with Crippen LogP contribution in [-0.2, 0) is 13.1 Å². The summed E-state index contributed by atoms with van der Waals surface area (Å²) in [6.07, 6.45) is 5.08. The van der Waals surface area contributed by atoms with Gasteiger partial charge >= 0.3 is 0 Å². The molecule has 0 aliphatic heterocycles. The molecule has 0 spiro atoms. The Morgan fingerprint density at radius 2 is 2.12 bits per heavy atom. The van der Waals surface area contributed by atoms with Crippen LogP contribution in [0.25, 0.3) is 0 Å². The minimum Gasteiger partial charge on any atom is -0.354 e. The number of hydrogen-bond acceptors (Lipinski definition) is 5. The van der Waals surface area contributed by atoms with E-state index in [4.69, 9.17) is 5.73 Å². The number of hydrogen-bond donors (Lipinski definition) is 1. The first-order valence-corrected chi connectivity index (χ1v) is 5.40. The van der Waals surface area contributed by atoms with Crippen LogP contribution in [0.4, 0.5) is 5.82 Å². The van der Waals surface area contributed by atoms with Crippen LogP contribution in [0.2, 0.25) is 0 Å². The molecule has 0 aromatic carbocycles. The predicted octanol–water partition coefficient (Wildman–Crippen LogP) is 0.967. The van der Waals surface area contributed by atoms with E-state index in [-0.39, 0.29) is 0 Å². The molecule has 2 N–H and O–H groups in total. The number of nitrogens with zero attached hydrogens (tertiary/aromatic N) is 4. The average Bonchev–Trinajstić information content (AvgIpc) is 2.40. The molecular formula is C12H15N5. The Balaban J connectivity index is 2.06. The van der Waals surface area contributed by atoms with Crippen molar-refractivity contribution in [2.24, 2.45) is 5.73 Å². The Morgan fingerprint density at radius 3 is 2.71 bits per heavy atom. The molecule has 0 amide bonds. The summed E-state index contributed by atoms with van der Waals surface area (Å²) in [6, 6.07) is 5.84. The lowest BCUT2D eigenvalue weighted by molar-refractivity contribution is 0.855. The maximum Gasteiger partial charge on any atom is 0.128 e. The summed E-state index contributed by atoms with van der Waals surface area (Å²) in [6.45, 7) is 1.22. The Kier molecular flexibility index (Phi) is 3.62. The third-order valence-electron chi connectivity index (χ3n) is 2.48. The summed E-state index contributed by atoms with van der Waals surface area (Å²) in [4.78, 5) is 14.4. The van der Waals surface area contributed by atoms with Crippen molar-refractivity contribution in [1.82, 2.24) is 15.0 Å². The molecular weight excluding hydrogens is 214 g/mol. The third kappa shape index (κ3) is 2.98. The van der Waals surface area contributed by atoms with Crippen LogP contribution >= 0.6 is 0 Å². The maximum atomic E-state index is 5.53. The summed E-state index contributed by atoms with van der Waals surface area (Å²) in [5.74, 6) is 0.904. The second-order valence-electron chi connectivity index (χ2n) is 3.79. The molecule has 0 aliphatic rings. The fourth-order valence-electron chi connectivity index (χ4n) is 1.50. The van der Waals surface area contributed by atoms with Crippen molar-refractivity contribution >= 4 is 5.82 Å². The van der Waals surface area contributed by atoms with Gasteiger partial charge in [0.15, 0.2) is 0 Å². The normalized spacial score (nSPS) is 10.2. The molecule has 17 heavy (non-hydrogen) atoms. The SMILES string of the molecule is CN(Cc1ccncn1)c1ccc(CN)cn1. The number of nitrogens with two attached hydrogens (primary N) is 1. The van der Waals surface area contributed by atoms with E-state index in [1.807, 2.05) is 30.1 Å². The van der Waals surface area contributed by atoms with Crippen molar-refractivity contribution in [3.05, 3.63) is 48.2 Å². The van der Waals surface area contributed by atoms with Gasteiger partial charge in [0.2, 0.25) is 0 Å². The standard InChI is InChI=1S/C12H15N5/c1-17(8-11-4-5-14-9-16-11)12-3-2-10(6-13)7-15-12/h2-5,7,9H,6,8,13H2,1H3. The highest BCUT2D eigenvalue weighted by Gasteiger charge is 2.03. The minimum atomic E-state index is 0.517. The van der Waals surface area contributed by atoms with Gasteiger partial charge in [0.25, 0.3) is 0 Å². The Morgan fingerprint density at radius 1 is 1.24 bits per heavy atom. The number of pyridine rings is 1. The van der Waals surface area contributed by atoms with E-state index in [0.29, 0.717) is 13.1 Å². The molecule has 0 aliphatic carbocycles. The van der Waals surface area contributed by atoms with Gasteiger partial charge in [-0.2, -0.15) is 0 Å². The second kappa shape index (κ2) is 5.36. The fraction of sp³-hybridized carbons (Fsp3) is 0.250. The van der Waals surface area contributed by atoms with Crippen LogP contribution in [0.1, 0.15) is 11.3 Å². The Bertz CT molecular complexity index is 454. The van der Waals surface area contributed by atoms with Gasteiger partial charge in [-0.1, -0.05) is 6.07 Å². The van der Waals surface area contributed by atoms with E-state index in [0.717, 1.165) is 17.1 Å². The van der Waals surface area contributed by atoms with Crippen molar-refractivity contribution in [3.8, 4) is 0 Å². The summed E-state index contributed by atoms with van der Waals surface area (Å²) in [5, 5.41) is 0. The van der Waals surface area contributed by atoms with Crippen molar-refractivity contribution in [2.45, 2.75) is 13.1 Å². The first-order chi connectivity index (χ1) is 8.29. The lowest BCUT2D eigenvalue weighted by Gasteiger charge is -2.17. The van der Waals surface area contributed by atoms with Crippen molar-refractivity contribution in [1.29, 1.82) is 0 Å². The first kappa shape index (κ1) is 11.5. The first-order valence-electron chi connectivity index (χ1n) is 5.40. The van der Waals surface area contributed by atoms with Gasteiger partial charge in [-0.05, 0) is 17.7 Å². The monoisotopic (exact) mass is 229 g/mol. The van der Waals surface area contributed by atoms with Crippen LogP contribution < -0.4 is 10.6 Å². The highest BCUT2D eigenvalue weighted by atomic mass is 15.2. The summed E-state index contributed by atoms with van der Waals surface area (Å²) in [7, 11) is 1.98. The molecule has 0 fully saturated rings. The molecule has 88 valence electrons. The van der Waals surface area contributed by atoms with Crippen molar-refractivity contribution in [2.75, 3.05) is 11.9 Å². The van der Waals surface area contributed by atoms with Crippen LogP contribution in [-0.4, -0.2) is 22.0 Å². The Hall–Kier alpha value is -2.01. The lowest BCUT2D eigenvalue weighted by atomic mass is 10.3. The molecule has 0 saturated carbocycles. The van der Waals surface area contributed by atoms with E-state index in [9.17, 15) is 0 Å². The van der Waals surface area contributed by atoms with Crippen molar-refractivity contribution in [3.63, 3.8) is 0 Å². The van der Waals surface area contributed by atoms with Gasteiger partial charge in [0, 0.05) is 26.0 Å². The number of anilines is 1. The third-order valence-corrected chi connectivity index (χ3v) is 2.48. The molecule has 2 heterocycles.